The zero-order valence-corrected chi connectivity index (χ0v) is 19.4. The number of nitriles is 1. The molecular weight excluding hydrogens is 413 g/mol. The Morgan fingerprint density at radius 2 is 1.67 bits per heavy atom. The van der Waals surface area contributed by atoms with Crippen LogP contribution in [0.15, 0.2) is 54.6 Å². The van der Waals surface area contributed by atoms with Gasteiger partial charge in [-0.05, 0) is 59.9 Å². The summed E-state index contributed by atoms with van der Waals surface area (Å²) in [7, 11) is 0. The van der Waals surface area contributed by atoms with Crippen molar-refractivity contribution in [1.82, 2.24) is 0 Å². The van der Waals surface area contributed by atoms with E-state index in [1.165, 1.54) is 24.8 Å². The zero-order chi connectivity index (χ0) is 23.0. The molecule has 1 heterocycles. The van der Waals surface area contributed by atoms with Crippen molar-refractivity contribution in [3.8, 4) is 6.07 Å². The molecule has 0 aliphatic carbocycles. The Kier molecular flexibility index (Phi) is 8.10. The topological polar surface area (TPSA) is 42.2 Å². The smallest absolute Gasteiger partial charge is 0.157 e. The predicted molar refractivity (Wildman–Crippen MR) is 129 cm³/mol. The number of fused-ring (bicyclic) bond motifs is 1. The summed E-state index contributed by atoms with van der Waals surface area (Å²) in [5.74, 6) is 0.390. The summed E-state index contributed by atoms with van der Waals surface area (Å²) in [5, 5.41) is 10.5. The van der Waals surface area contributed by atoms with Gasteiger partial charge in [-0.25, -0.2) is 4.39 Å². The molecule has 1 saturated heterocycles. The molecule has 4 rings (SSSR count). The summed E-state index contributed by atoms with van der Waals surface area (Å²) in [6.45, 7) is 3.79. The van der Waals surface area contributed by atoms with Crippen molar-refractivity contribution in [2.75, 3.05) is 13.2 Å². The van der Waals surface area contributed by atoms with E-state index in [0.717, 1.165) is 49.0 Å². The zero-order valence-electron chi connectivity index (χ0n) is 19.4. The highest BCUT2D eigenvalue weighted by molar-refractivity contribution is 5.84. The Morgan fingerprint density at radius 1 is 0.909 bits per heavy atom. The molecule has 1 aliphatic rings. The highest BCUT2D eigenvalue weighted by atomic mass is 19.1. The Labute approximate surface area is 196 Å². The molecule has 1 aliphatic heterocycles. The van der Waals surface area contributed by atoms with Crippen LogP contribution in [-0.4, -0.2) is 19.5 Å². The molecule has 172 valence electrons. The molecule has 4 heteroatoms. The fourth-order valence-electron chi connectivity index (χ4n) is 4.45. The molecule has 0 spiro atoms. The van der Waals surface area contributed by atoms with E-state index in [1.807, 2.05) is 48.5 Å². The number of aryl methyl sites for hydroxylation is 3. The molecule has 0 bridgehead atoms. The Morgan fingerprint density at radius 3 is 2.39 bits per heavy atom. The van der Waals surface area contributed by atoms with Gasteiger partial charge in [-0.3, -0.25) is 0 Å². The van der Waals surface area contributed by atoms with Crippen LogP contribution in [0.5, 0.6) is 0 Å². The molecule has 0 atom stereocenters. The van der Waals surface area contributed by atoms with Crippen molar-refractivity contribution in [3.05, 3.63) is 82.7 Å². The van der Waals surface area contributed by atoms with Crippen LogP contribution in [0.25, 0.3) is 10.8 Å². The molecule has 3 aromatic carbocycles. The summed E-state index contributed by atoms with van der Waals surface area (Å²) in [6.07, 6.45) is 6.51. The Bertz CT molecular complexity index is 1100. The van der Waals surface area contributed by atoms with Gasteiger partial charge in [0.05, 0.1) is 24.8 Å². The van der Waals surface area contributed by atoms with Crippen LogP contribution in [-0.2, 0) is 28.7 Å². The number of hydrogen-bond acceptors (Lipinski definition) is 3. The lowest BCUT2D eigenvalue weighted by molar-refractivity contribution is -0.203. The van der Waals surface area contributed by atoms with Crippen molar-refractivity contribution in [2.24, 2.45) is 5.92 Å². The summed E-state index contributed by atoms with van der Waals surface area (Å²) < 4.78 is 27.0. The molecule has 0 unspecified atom stereocenters. The maximum atomic E-state index is 15.1. The van der Waals surface area contributed by atoms with Gasteiger partial charge in [0, 0.05) is 17.7 Å². The maximum Gasteiger partial charge on any atom is 0.157 e. The van der Waals surface area contributed by atoms with Gasteiger partial charge in [0.25, 0.3) is 0 Å². The number of benzene rings is 3. The van der Waals surface area contributed by atoms with Gasteiger partial charge in [0.1, 0.15) is 5.82 Å². The normalized spacial score (nSPS) is 18.3. The van der Waals surface area contributed by atoms with Gasteiger partial charge < -0.3 is 9.47 Å². The van der Waals surface area contributed by atoms with E-state index in [2.05, 4.69) is 19.1 Å². The maximum absolute atomic E-state index is 15.1. The van der Waals surface area contributed by atoms with Crippen LogP contribution in [0.4, 0.5) is 4.39 Å². The van der Waals surface area contributed by atoms with E-state index >= 15 is 4.39 Å². The molecular formula is C29H32FNO2. The SMILES string of the molecule is CCCCC1COC(CCc2ccc3c(F)c(CCc4ccc(C#N)cc4)ccc3c2)OC1. The van der Waals surface area contributed by atoms with E-state index in [0.29, 0.717) is 23.3 Å². The third kappa shape index (κ3) is 6.19. The molecule has 0 N–H and O–H groups in total. The number of unbranched alkanes of at least 4 members (excludes halogenated alkanes) is 1. The van der Waals surface area contributed by atoms with Crippen LogP contribution in [0.1, 0.15) is 54.9 Å². The minimum Gasteiger partial charge on any atom is -0.352 e. The lowest BCUT2D eigenvalue weighted by atomic mass is 9.98. The van der Waals surface area contributed by atoms with Gasteiger partial charge in [0.15, 0.2) is 6.29 Å². The van der Waals surface area contributed by atoms with Crippen molar-refractivity contribution < 1.29 is 13.9 Å². The average molecular weight is 446 g/mol. The summed E-state index contributed by atoms with van der Waals surface area (Å²) in [4.78, 5) is 0. The number of hydrogen-bond donors (Lipinski definition) is 0. The minimum absolute atomic E-state index is 0.134. The number of ether oxygens (including phenoxy) is 2. The first-order valence-electron chi connectivity index (χ1n) is 12.1. The second-order valence-corrected chi connectivity index (χ2v) is 9.05. The quantitative estimate of drug-likeness (QED) is 0.366. The third-order valence-electron chi connectivity index (χ3n) is 6.53. The molecule has 0 radical (unpaired) electrons. The third-order valence-corrected chi connectivity index (χ3v) is 6.53. The second kappa shape index (κ2) is 11.4. The van der Waals surface area contributed by atoms with E-state index in [4.69, 9.17) is 14.7 Å². The number of halogens is 1. The highest BCUT2D eigenvalue weighted by Gasteiger charge is 2.21. The summed E-state index contributed by atoms with van der Waals surface area (Å²) >= 11 is 0. The van der Waals surface area contributed by atoms with Crippen molar-refractivity contribution in [1.29, 1.82) is 5.26 Å². The van der Waals surface area contributed by atoms with E-state index in [-0.39, 0.29) is 12.1 Å². The number of rotatable bonds is 9. The van der Waals surface area contributed by atoms with Gasteiger partial charge in [-0.15, -0.1) is 0 Å². The Hall–Kier alpha value is -2.74. The van der Waals surface area contributed by atoms with Gasteiger partial charge in [0.2, 0.25) is 0 Å². The van der Waals surface area contributed by atoms with Crippen LogP contribution in [0.3, 0.4) is 0 Å². The molecule has 1 fully saturated rings. The summed E-state index contributed by atoms with van der Waals surface area (Å²) in [6, 6.07) is 19.5. The molecule has 0 amide bonds. The van der Waals surface area contributed by atoms with E-state index in [1.54, 1.807) is 0 Å². The predicted octanol–water partition coefficient (Wildman–Crippen LogP) is 6.75. The molecule has 0 aromatic heterocycles. The van der Waals surface area contributed by atoms with Gasteiger partial charge in [-0.2, -0.15) is 5.26 Å². The fraction of sp³-hybridized carbons (Fsp3) is 0.414. The first-order chi connectivity index (χ1) is 16.2. The first-order valence-corrected chi connectivity index (χ1v) is 12.1. The van der Waals surface area contributed by atoms with Crippen LogP contribution >= 0.6 is 0 Å². The minimum atomic E-state index is -0.139. The van der Waals surface area contributed by atoms with Crippen molar-refractivity contribution in [2.45, 2.75) is 58.2 Å². The lowest BCUT2D eigenvalue weighted by Crippen LogP contribution is -2.32. The van der Waals surface area contributed by atoms with Crippen molar-refractivity contribution >= 4 is 10.8 Å². The Balaban J connectivity index is 1.33. The number of nitrogens with zero attached hydrogens (tertiary/aromatic N) is 1. The van der Waals surface area contributed by atoms with Gasteiger partial charge >= 0.3 is 0 Å². The van der Waals surface area contributed by atoms with Crippen LogP contribution in [0.2, 0.25) is 0 Å². The molecule has 33 heavy (non-hydrogen) atoms. The first kappa shape index (κ1) is 23.4. The monoisotopic (exact) mass is 445 g/mol. The van der Waals surface area contributed by atoms with Gasteiger partial charge in [-0.1, -0.05) is 62.2 Å². The fourth-order valence-corrected chi connectivity index (χ4v) is 4.45. The molecule has 0 saturated carbocycles. The van der Waals surface area contributed by atoms with Crippen molar-refractivity contribution in [3.63, 3.8) is 0 Å². The average Bonchev–Trinajstić information content (AvgIpc) is 2.86. The van der Waals surface area contributed by atoms with Crippen LogP contribution < -0.4 is 0 Å². The largest absolute Gasteiger partial charge is 0.352 e. The standard InChI is InChI=1S/C29H32FNO2/c1-2-3-4-24-19-32-28(33-20-24)16-11-22-10-15-27-26(17-22)14-13-25(29(27)30)12-9-21-5-7-23(18-31)8-6-21/h5-8,10,13-15,17,24,28H,2-4,9,11-12,16,19-20H2,1H3. The highest BCUT2D eigenvalue weighted by Crippen LogP contribution is 2.25. The van der Waals surface area contributed by atoms with E-state index < -0.39 is 0 Å². The van der Waals surface area contributed by atoms with E-state index in [9.17, 15) is 0 Å². The lowest BCUT2D eigenvalue weighted by Gasteiger charge is -2.29. The van der Waals surface area contributed by atoms with Crippen LogP contribution in [0, 0.1) is 23.1 Å². The summed E-state index contributed by atoms with van der Waals surface area (Å²) in [5.41, 5.74) is 3.64. The second-order valence-electron chi connectivity index (χ2n) is 9.05. The molecule has 3 aromatic rings. The molecule has 3 nitrogen and oxygen atoms in total.